The summed E-state index contributed by atoms with van der Waals surface area (Å²) in [6.07, 6.45) is -5.26. The van der Waals surface area contributed by atoms with Crippen LogP contribution in [0, 0.1) is 0 Å². The summed E-state index contributed by atoms with van der Waals surface area (Å²) in [7, 11) is 0. The lowest BCUT2D eigenvalue weighted by Crippen LogP contribution is -2.33. The molecule has 0 aliphatic carbocycles. The zero-order chi connectivity index (χ0) is 22.4. The Morgan fingerprint density at radius 2 is 1.58 bits per heavy atom. The predicted octanol–water partition coefficient (Wildman–Crippen LogP) is 3.98. The first-order valence-corrected chi connectivity index (χ1v) is 9.37. The number of anilines is 2. The second-order valence-electron chi connectivity index (χ2n) is 6.78. The molecule has 1 unspecified atom stereocenters. The number of hydrogen-bond acceptors (Lipinski definition) is 5. The van der Waals surface area contributed by atoms with Crippen LogP contribution in [0.3, 0.4) is 0 Å². The quantitative estimate of drug-likeness (QED) is 0.197. The standard InChI is InChI=1S/C22H22F3N5O/c23-22(24,25)16-10-12-17(13-11-16)28-19-9-5-4-8-18(19)21(26)29-30(27)14-20(31)15-6-2-1-3-7-15/h1-13,20,28,31H,14,27H2,(H2,26,29). The molecule has 0 bridgehead atoms. The minimum atomic E-state index is -4.40. The van der Waals surface area contributed by atoms with E-state index in [0.717, 1.165) is 17.3 Å². The van der Waals surface area contributed by atoms with E-state index in [2.05, 4.69) is 10.4 Å². The summed E-state index contributed by atoms with van der Waals surface area (Å²) in [5.74, 6) is 5.97. The molecule has 9 heteroatoms. The number of nitrogens with two attached hydrogens (primary N) is 2. The van der Waals surface area contributed by atoms with Crippen molar-refractivity contribution in [1.82, 2.24) is 5.12 Å². The van der Waals surface area contributed by atoms with Crippen molar-refractivity contribution in [3.63, 3.8) is 0 Å². The maximum Gasteiger partial charge on any atom is 0.416 e. The van der Waals surface area contributed by atoms with Crippen molar-refractivity contribution < 1.29 is 18.3 Å². The number of para-hydroxylation sites is 1. The lowest BCUT2D eigenvalue weighted by atomic mass is 10.1. The first-order chi connectivity index (χ1) is 14.7. The highest BCUT2D eigenvalue weighted by Crippen LogP contribution is 2.30. The van der Waals surface area contributed by atoms with Gasteiger partial charge in [-0.05, 0) is 42.0 Å². The molecule has 0 aliphatic rings. The summed E-state index contributed by atoms with van der Waals surface area (Å²) in [4.78, 5) is 0. The average molecular weight is 429 g/mol. The average Bonchev–Trinajstić information content (AvgIpc) is 2.74. The van der Waals surface area contributed by atoms with Gasteiger partial charge >= 0.3 is 6.18 Å². The third-order valence-corrected chi connectivity index (χ3v) is 4.47. The number of amidine groups is 1. The van der Waals surface area contributed by atoms with Crippen molar-refractivity contribution in [3.8, 4) is 0 Å². The fraction of sp³-hybridized carbons (Fsp3) is 0.136. The number of rotatable bonds is 7. The van der Waals surface area contributed by atoms with E-state index in [4.69, 9.17) is 11.6 Å². The summed E-state index contributed by atoms with van der Waals surface area (Å²) in [5.41, 5.74) is 7.57. The van der Waals surface area contributed by atoms with Gasteiger partial charge in [-0.1, -0.05) is 42.5 Å². The van der Waals surface area contributed by atoms with Gasteiger partial charge in [0.15, 0.2) is 5.84 Å². The maximum absolute atomic E-state index is 12.7. The third-order valence-electron chi connectivity index (χ3n) is 4.47. The molecule has 0 radical (unpaired) electrons. The van der Waals surface area contributed by atoms with Crippen molar-refractivity contribution in [3.05, 3.63) is 95.6 Å². The molecule has 0 aromatic heterocycles. The van der Waals surface area contributed by atoms with Crippen molar-refractivity contribution in [2.75, 3.05) is 11.9 Å². The normalized spacial score (nSPS) is 13.0. The lowest BCUT2D eigenvalue weighted by Gasteiger charge is -2.19. The van der Waals surface area contributed by atoms with E-state index in [9.17, 15) is 18.3 Å². The van der Waals surface area contributed by atoms with E-state index in [1.54, 1.807) is 48.5 Å². The molecule has 6 nitrogen and oxygen atoms in total. The molecule has 0 spiro atoms. The molecular weight excluding hydrogens is 407 g/mol. The zero-order valence-corrected chi connectivity index (χ0v) is 16.4. The molecule has 162 valence electrons. The predicted molar refractivity (Wildman–Crippen MR) is 114 cm³/mol. The Morgan fingerprint density at radius 3 is 2.23 bits per heavy atom. The zero-order valence-electron chi connectivity index (χ0n) is 16.4. The molecule has 6 N–H and O–H groups in total. The highest BCUT2D eigenvalue weighted by atomic mass is 19.4. The SMILES string of the molecule is N/C(=N\N(N)CC(O)c1ccccc1)c1ccccc1Nc1ccc(C(F)(F)F)cc1. The first-order valence-electron chi connectivity index (χ1n) is 9.37. The van der Waals surface area contributed by atoms with E-state index in [-0.39, 0.29) is 12.4 Å². The van der Waals surface area contributed by atoms with Crippen molar-refractivity contribution >= 4 is 17.2 Å². The van der Waals surface area contributed by atoms with E-state index < -0.39 is 17.8 Å². The fourth-order valence-corrected chi connectivity index (χ4v) is 2.90. The van der Waals surface area contributed by atoms with Gasteiger partial charge in [-0.15, -0.1) is 5.10 Å². The van der Waals surface area contributed by atoms with E-state index >= 15 is 0 Å². The number of aliphatic hydroxyl groups is 1. The molecule has 0 saturated heterocycles. The number of aliphatic hydroxyl groups excluding tert-OH is 1. The highest BCUT2D eigenvalue weighted by molar-refractivity contribution is 6.02. The maximum atomic E-state index is 12.7. The molecule has 3 aromatic carbocycles. The van der Waals surface area contributed by atoms with Gasteiger partial charge in [0.1, 0.15) is 0 Å². The van der Waals surface area contributed by atoms with Crippen LogP contribution < -0.4 is 16.9 Å². The second kappa shape index (κ2) is 9.50. The minimum absolute atomic E-state index is 0.0131. The molecular formula is C22H22F3N5O. The van der Waals surface area contributed by atoms with Crippen LogP contribution in [0.1, 0.15) is 22.8 Å². The molecule has 3 rings (SSSR count). The summed E-state index contributed by atoms with van der Waals surface area (Å²) in [6, 6.07) is 20.6. The lowest BCUT2D eigenvalue weighted by molar-refractivity contribution is -0.137. The molecule has 0 heterocycles. The van der Waals surface area contributed by atoms with Crippen LogP contribution in [0.2, 0.25) is 0 Å². The van der Waals surface area contributed by atoms with Crippen LogP contribution >= 0.6 is 0 Å². The number of hydrazone groups is 1. The van der Waals surface area contributed by atoms with E-state index in [1.165, 1.54) is 12.1 Å². The number of nitrogens with one attached hydrogen (secondary N) is 1. The van der Waals surface area contributed by atoms with Crippen molar-refractivity contribution in [2.24, 2.45) is 16.7 Å². The Kier molecular flexibility index (Phi) is 6.78. The Morgan fingerprint density at radius 1 is 0.968 bits per heavy atom. The number of alkyl halides is 3. The van der Waals surface area contributed by atoms with Gasteiger partial charge < -0.3 is 16.2 Å². The Bertz CT molecular complexity index is 1020. The third kappa shape index (κ3) is 5.97. The van der Waals surface area contributed by atoms with Gasteiger partial charge in [0.2, 0.25) is 0 Å². The summed E-state index contributed by atoms with van der Waals surface area (Å²) < 4.78 is 38.2. The summed E-state index contributed by atoms with van der Waals surface area (Å²) in [5, 5.41) is 18.5. The number of benzene rings is 3. The Hall–Kier alpha value is -3.56. The second-order valence-corrected chi connectivity index (χ2v) is 6.78. The minimum Gasteiger partial charge on any atom is -0.386 e. The van der Waals surface area contributed by atoms with Gasteiger partial charge in [-0.25, -0.2) is 11.0 Å². The fourth-order valence-electron chi connectivity index (χ4n) is 2.90. The highest BCUT2D eigenvalue weighted by Gasteiger charge is 2.29. The number of halogens is 3. The molecule has 0 saturated carbocycles. The smallest absolute Gasteiger partial charge is 0.386 e. The van der Waals surface area contributed by atoms with Crippen LogP contribution in [0.5, 0.6) is 0 Å². The topological polar surface area (TPSA) is 99.9 Å². The largest absolute Gasteiger partial charge is 0.416 e. The number of hydrazine groups is 1. The molecule has 1 atom stereocenters. The molecule has 0 aliphatic heterocycles. The van der Waals surface area contributed by atoms with Gasteiger partial charge in [-0.2, -0.15) is 13.2 Å². The van der Waals surface area contributed by atoms with Gasteiger partial charge in [-0.3, -0.25) is 0 Å². The summed E-state index contributed by atoms with van der Waals surface area (Å²) in [6.45, 7) is 0.0131. The first kappa shape index (κ1) is 22.1. The Balaban J connectivity index is 1.74. The molecule has 31 heavy (non-hydrogen) atoms. The van der Waals surface area contributed by atoms with Crippen LogP contribution in [0.15, 0.2) is 84.0 Å². The molecule has 0 fully saturated rings. The summed E-state index contributed by atoms with van der Waals surface area (Å²) >= 11 is 0. The monoisotopic (exact) mass is 429 g/mol. The molecule has 0 amide bonds. The van der Waals surface area contributed by atoms with Gasteiger partial charge in [0, 0.05) is 16.9 Å². The Labute approximate surface area is 177 Å². The van der Waals surface area contributed by atoms with Gasteiger partial charge in [0.25, 0.3) is 0 Å². The van der Waals surface area contributed by atoms with Crippen LogP contribution in [-0.4, -0.2) is 22.6 Å². The van der Waals surface area contributed by atoms with Crippen LogP contribution in [-0.2, 0) is 6.18 Å². The number of hydrogen-bond donors (Lipinski definition) is 4. The van der Waals surface area contributed by atoms with Gasteiger partial charge in [0.05, 0.1) is 18.2 Å². The van der Waals surface area contributed by atoms with E-state index in [0.29, 0.717) is 22.5 Å². The van der Waals surface area contributed by atoms with Crippen molar-refractivity contribution in [2.45, 2.75) is 12.3 Å². The van der Waals surface area contributed by atoms with Crippen LogP contribution in [0.4, 0.5) is 24.5 Å². The van der Waals surface area contributed by atoms with Crippen molar-refractivity contribution in [1.29, 1.82) is 0 Å². The van der Waals surface area contributed by atoms with E-state index in [1.807, 2.05) is 6.07 Å². The molecule has 3 aromatic rings. The van der Waals surface area contributed by atoms with Crippen LogP contribution in [0.25, 0.3) is 0 Å². The number of nitrogens with zero attached hydrogens (tertiary/aromatic N) is 2.